The molecule has 4 heteroatoms. The second-order valence-electron chi connectivity index (χ2n) is 2.54. The molecule has 1 N–H and O–H groups in total. The summed E-state index contributed by atoms with van der Waals surface area (Å²) in [5.41, 5.74) is 0. The predicted octanol–water partition coefficient (Wildman–Crippen LogP) is -0.138. The Hall–Kier alpha value is 0.0969. The predicted molar refractivity (Wildman–Crippen MR) is 42.4 cm³/mol. The molecule has 0 aromatic rings. The molecule has 0 aromatic carbocycles. The van der Waals surface area contributed by atoms with Gasteiger partial charge in [0.05, 0.1) is 0 Å². The molecule has 3 nitrogen and oxygen atoms in total. The van der Waals surface area contributed by atoms with Crippen LogP contribution < -0.4 is 4.98 Å². The monoisotopic (exact) mass is 161 g/mol. The quantitative estimate of drug-likeness (QED) is 0.462. The van der Waals surface area contributed by atoms with Gasteiger partial charge < -0.3 is 14.5 Å². The molecule has 0 saturated carbocycles. The summed E-state index contributed by atoms with van der Waals surface area (Å²) >= 11 is 0. The molecule has 1 atom stereocenters. The minimum absolute atomic E-state index is 0.0718. The van der Waals surface area contributed by atoms with Crippen LogP contribution in [-0.2, 0) is 9.47 Å². The number of rotatable bonds is 3. The minimum atomic E-state index is -0.890. The van der Waals surface area contributed by atoms with E-state index in [1.807, 2.05) is 0 Å². The SMILES string of the molecule is COC(OC)[SiH]1CCCN1. The van der Waals surface area contributed by atoms with Crippen molar-refractivity contribution in [2.75, 3.05) is 20.8 Å². The van der Waals surface area contributed by atoms with Crippen LogP contribution in [0.2, 0.25) is 6.04 Å². The molecule has 0 aromatic heterocycles. The van der Waals surface area contributed by atoms with Crippen LogP contribution in [0.15, 0.2) is 0 Å². The van der Waals surface area contributed by atoms with E-state index in [4.69, 9.17) is 9.47 Å². The molecule has 1 fully saturated rings. The van der Waals surface area contributed by atoms with Crippen molar-refractivity contribution in [1.82, 2.24) is 4.98 Å². The Kier molecular flexibility index (Phi) is 3.34. The fourth-order valence-corrected chi connectivity index (χ4v) is 3.91. The summed E-state index contributed by atoms with van der Waals surface area (Å²) in [7, 11) is 2.53. The second kappa shape index (κ2) is 4.08. The van der Waals surface area contributed by atoms with Crippen LogP contribution in [0, 0.1) is 0 Å². The van der Waals surface area contributed by atoms with E-state index in [9.17, 15) is 0 Å². The summed E-state index contributed by atoms with van der Waals surface area (Å²) in [5.74, 6) is 0.0718. The standard InChI is InChI=1S/C6H15NO2Si/c1-8-6(9-2)10-5-3-4-7-10/h6-7,10H,3-5H2,1-2H3. The lowest BCUT2D eigenvalue weighted by molar-refractivity contribution is -0.0479. The van der Waals surface area contributed by atoms with E-state index in [0.29, 0.717) is 0 Å². The van der Waals surface area contributed by atoms with Gasteiger partial charge in [-0.1, -0.05) is 0 Å². The van der Waals surface area contributed by atoms with Gasteiger partial charge in [0.2, 0.25) is 0 Å². The molecule has 0 spiro atoms. The van der Waals surface area contributed by atoms with Crippen molar-refractivity contribution in [2.24, 2.45) is 0 Å². The van der Waals surface area contributed by atoms with Crippen molar-refractivity contribution < 1.29 is 9.47 Å². The summed E-state index contributed by atoms with van der Waals surface area (Å²) < 4.78 is 10.3. The molecule has 1 rings (SSSR count). The lowest BCUT2D eigenvalue weighted by atomic mass is 10.5. The van der Waals surface area contributed by atoms with Gasteiger partial charge in [0.1, 0.15) is 0 Å². The summed E-state index contributed by atoms with van der Waals surface area (Å²) in [4.78, 5) is 3.45. The highest BCUT2D eigenvalue weighted by Gasteiger charge is 2.25. The number of nitrogens with one attached hydrogen (secondary N) is 1. The largest absolute Gasteiger partial charge is 0.358 e. The molecule has 0 bridgehead atoms. The van der Waals surface area contributed by atoms with Gasteiger partial charge in [-0.2, -0.15) is 0 Å². The molecular formula is C6H15NO2Si. The molecule has 60 valence electrons. The van der Waals surface area contributed by atoms with Crippen LogP contribution in [0.5, 0.6) is 0 Å². The van der Waals surface area contributed by atoms with Gasteiger partial charge in [0.15, 0.2) is 14.9 Å². The molecule has 1 unspecified atom stereocenters. The Bertz CT molecular complexity index is 91.7. The van der Waals surface area contributed by atoms with E-state index in [-0.39, 0.29) is 5.91 Å². The van der Waals surface area contributed by atoms with Crippen LogP contribution in [0.25, 0.3) is 0 Å². The van der Waals surface area contributed by atoms with E-state index in [1.54, 1.807) is 14.2 Å². The van der Waals surface area contributed by atoms with Crippen molar-refractivity contribution in [3.05, 3.63) is 0 Å². The summed E-state index contributed by atoms with van der Waals surface area (Å²) in [6, 6.07) is 1.30. The Morgan fingerprint density at radius 1 is 1.40 bits per heavy atom. The zero-order chi connectivity index (χ0) is 7.40. The van der Waals surface area contributed by atoms with Crippen LogP contribution in [-0.4, -0.2) is 35.6 Å². The summed E-state index contributed by atoms with van der Waals surface area (Å²) in [5, 5.41) is 0. The van der Waals surface area contributed by atoms with E-state index >= 15 is 0 Å². The van der Waals surface area contributed by atoms with Gasteiger partial charge in [0.25, 0.3) is 0 Å². The highest BCUT2D eigenvalue weighted by atomic mass is 28.3. The molecule has 1 aliphatic heterocycles. The fraction of sp³-hybridized carbons (Fsp3) is 1.00. The number of ether oxygens (including phenoxy) is 2. The van der Waals surface area contributed by atoms with Crippen molar-refractivity contribution in [2.45, 2.75) is 18.4 Å². The maximum absolute atomic E-state index is 5.16. The first-order valence-electron chi connectivity index (χ1n) is 3.67. The molecule has 1 aliphatic rings. The van der Waals surface area contributed by atoms with Crippen molar-refractivity contribution >= 4 is 8.96 Å². The lowest BCUT2D eigenvalue weighted by Crippen LogP contribution is -2.42. The Morgan fingerprint density at radius 2 is 2.10 bits per heavy atom. The fourth-order valence-electron chi connectivity index (χ4n) is 1.37. The average Bonchev–Trinajstić information content (AvgIpc) is 2.43. The third kappa shape index (κ3) is 1.79. The van der Waals surface area contributed by atoms with Crippen molar-refractivity contribution in [3.63, 3.8) is 0 Å². The minimum Gasteiger partial charge on any atom is -0.358 e. The summed E-state index contributed by atoms with van der Waals surface area (Å²) in [6.07, 6.45) is 1.29. The van der Waals surface area contributed by atoms with Gasteiger partial charge in [0, 0.05) is 14.2 Å². The number of methoxy groups -OCH3 is 2. The van der Waals surface area contributed by atoms with E-state index in [2.05, 4.69) is 4.98 Å². The Labute approximate surface area is 63.4 Å². The first-order chi connectivity index (χ1) is 4.88. The zero-order valence-electron chi connectivity index (χ0n) is 6.59. The van der Waals surface area contributed by atoms with Crippen molar-refractivity contribution in [3.8, 4) is 0 Å². The van der Waals surface area contributed by atoms with Crippen LogP contribution in [0.1, 0.15) is 6.42 Å². The van der Waals surface area contributed by atoms with Gasteiger partial charge in [-0.3, -0.25) is 0 Å². The third-order valence-electron chi connectivity index (χ3n) is 1.89. The van der Waals surface area contributed by atoms with Crippen molar-refractivity contribution in [1.29, 1.82) is 0 Å². The molecule has 0 aliphatic carbocycles. The molecule has 10 heavy (non-hydrogen) atoms. The topological polar surface area (TPSA) is 30.5 Å². The summed E-state index contributed by atoms with van der Waals surface area (Å²) in [6.45, 7) is 1.15. The normalized spacial score (nSPS) is 26.1. The van der Waals surface area contributed by atoms with Gasteiger partial charge >= 0.3 is 0 Å². The van der Waals surface area contributed by atoms with Crippen LogP contribution in [0.4, 0.5) is 0 Å². The third-order valence-corrected chi connectivity index (χ3v) is 4.94. The van der Waals surface area contributed by atoms with Gasteiger partial charge in [-0.05, 0) is 19.0 Å². The zero-order valence-corrected chi connectivity index (χ0v) is 7.75. The van der Waals surface area contributed by atoms with Gasteiger partial charge in [-0.25, -0.2) is 0 Å². The second-order valence-corrected chi connectivity index (χ2v) is 5.29. The Balaban J connectivity index is 2.29. The molecule has 0 amide bonds. The smallest absolute Gasteiger partial charge is 0.175 e. The highest BCUT2D eigenvalue weighted by molar-refractivity contribution is 6.57. The van der Waals surface area contributed by atoms with E-state index < -0.39 is 8.96 Å². The lowest BCUT2D eigenvalue weighted by Gasteiger charge is -2.18. The molecular weight excluding hydrogens is 146 g/mol. The Morgan fingerprint density at radius 3 is 2.50 bits per heavy atom. The average molecular weight is 161 g/mol. The van der Waals surface area contributed by atoms with E-state index in [1.165, 1.54) is 12.5 Å². The number of hydrogen-bond donors (Lipinski definition) is 1. The molecule has 0 radical (unpaired) electrons. The first-order valence-corrected chi connectivity index (χ1v) is 5.73. The maximum atomic E-state index is 5.16. The molecule has 1 saturated heterocycles. The van der Waals surface area contributed by atoms with Crippen LogP contribution >= 0.6 is 0 Å². The van der Waals surface area contributed by atoms with Gasteiger partial charge in [-0.15, -0.1) is 0 Å². The molecule has 1 heterocycles. The maximum Gasteiger partial charge on any atom is 0.175 e. The van der Waals surface area contributed by atoms with E-state index in [0.717, 1.165) is 6.54 Å². The van der Waals surface area contributed by atoms with Crippen LogP contribution in [0.3, 0.4) is 0 Å². The highest BCUT2D eigenvalue weighted by Crippen LogP contribution is 2.08. The number of hydrogen-bond acceptors (Lipinski definition) is 3. The first kappa shape index (κ1) is 8.20.